The lowest BCUT2D eigenvalue weighted by Crippen LogP contribution is -2.29. The second kappa shape index (κ2) is 11.5. The summed E-state index contributed by atoms with van der Waals surface area (Å²) >= 11 is 0. The Morgan fingerprint density at radius 3 is 1.43 bits per heavy atom. The van der Waals surface area contributed by atoms with Crippen LogP contribution < -0.4 is 20.7 Å². The minimum absolute atomic E-state index is 0.375. The van der Waals surface area contributed by atoms with Gasteiger partial charge in [0.15, 0.2) is 0 Å². The highest BCUT2D eigenvalue weighted by molar-refractivity contribution is 7.95. The zero-order valence-electron chi connectivity index (χ0n) is 21.8. The van der Waals surface area contributed by atoms with Gasteiger partial charge in [-0.05, 0) is 58.2 Å². The fourth-order valence-electron chi connectivity index (χ4n) is 4.95. The molecule has 1 heterocycles. The molecule has 6 aromatic rings. The van der Waals surface area contributed by atoms with Crippen LogP contribution in [0.2, 0.25) is 0 Å². The van der Waals surface area contributed by atoms with E-state index in [0.717, 1.165) is 38.4 Å². The molecule has 0 saturated heterocycles. The minimum atomic E-state index is -2.44. The number of ether oxygens (including phenoxy) is 1. The molecule has 1 aromatic heterocycles. The fourth-order valence-corrected chi connectivity index (χ4v) is 8.58. The summed E-state index contributed by atoms with van der Waals surface area (Å²) in [5.41, 5.74) is 3.13. The zero-order chi connectivity index (χ0) is 27.2. The van der Waals surface area contributed by atoms with Crippen LogP contribution in [0.15, 0.2) is 162 Å². The molecule has 5 aromatic carbocycles. The van der Waals surface area contributed by atoms with Crippen molar-refractivity contribution in [3.05, 3.63) is 158 Å². The summed E-state index contributed by atoms with van der Waals surface area (Å²) in [5.74, 6) is 2.77. The maximum Gasteiger partial charge on any atom is 0.337 e. The molecule has 0 radical (unpaired) electrons. The Labute approximate surface area is 234 Å². The molecule has 0 N–H and O–H groups in total. The third-order valence-corrected chi connectivity index (χ3v) is 10.8. The molecule has 0 aliphatic carbocycles. The first-order chi connectivity index (χ1) is 19.7. The molecule has 0 aliphatic heterocycles. The van der Waals surface area contributed by atoms with Crippen molar-refractivity contribution in [3.8, 4) is 28.2 Å². The average Bonchev–Trinajstić information content (AvgIpc) is 3.57. The van der Waals surface area contributed by atoms with Gasteiger partial charge in [-0.3, -0.25) is 0 Å². The maximum atomic E-state index is 13.6. The predicted octanol–water partition coefficient (Wildman–Crippen LogP) is 7.32. The number of hydrogen-bond donors (Lipinski definition) is 0. The Morgan fingerprint density at radius 1 is 0.525 bits per heavy atom. The third kappa shape index (κ3) is 5.20. The molecule has 194 valence electrons. The number of carbonyl (C=O) groups excluding carboxylic acids is 1. The van der Waals surface area contributed by atoms with Gasteiger partial charge in [0.2, 0.25) is 0 Å². The summed E-state index contributed by atoms with van der Waals surface area (Å²) in [5, 5.41) is 3.29. The summed E-state index contributed by atoms with van der Waals surface area (Å²) < 4.78 is 11.4. The Kier molecular flexibility index (Phi) is 7.30. The standard InChI is InChI=1S/C36H27O3P/c37-36(39-31-24-22-29(23-25-31)28-18-20-30(21-19-28)35-17-10-26-38-35)27-40(32-11-4-1-5-12-32,33-13-6-2-7-14-33)34-15-8-3-9-16-34/h1-27H. The number of rotatable bonds is 7. The van der Waals surface area contributed by atoms with Crippen LogP contribution in [0.1, 0.15) is 0 Å². The number of esters is 1. The number of benzene rings is 5. The second-order valence-corrected chi connectivity index (χ2v) is 12.6. The highest BCUT2D eigenvalue weighted by Gasteiger charge is 2.27. The zero-order valence-corrected chi connectivity index (χ0v) is 22.7. The van der Waals surface area contributed by atoms with Crippen molar-refractivity contribution < 1.29 is 13.9 Å². The van der Waals surface area contributed by atoms with Gasteiger partial charge in [0.1, 0.15) is 11.5 Å². The van der Waals surface area contributed by atoms with E-state index in [1.54, 1.807) is 12.1 Å². The van der Waals surface area contributed by atoms with E-state index in [9.17, 15) is 4.79 Å². The SMILES string of the molecule is O=C(C=P(c1ccccc1)(c1ccccc1)c1ccccc1)Oc1ccc(-c2ccc(-c3ccco3)cc2)cc1. The van der Waals surface area contributed by atoms with E-state index < -0.39 is 6.89 Å². The molecule has 0 saturated carbocycles. The van der Waals surface area contributed by atoms with Crippen LogP contribution in [0.4, 0.5) is 0 Å². The smallest absolute Gasteiger partial charge is 0.337 e. The minimum Gasteiger partial charge on any atom is -0.464 e. The number of carbonyl (C=O) groups is 1. The Morgan fingerprint density at radius 2 is 0.975 bits per heavy atom. The van der Waals surface area contributed by atoms with E-state index in [2.05, 4.69) is 48.5 Å². The lowest BCUT2D eigenvalue weighted by molar-refractivity contribution is -0.126. The van der Waals surface area contributed by atoms with E-state index in [0.29, 0.717) is 5.75 Å². The first kappa shape index (κ1) is 25.4. The Balaban J connectivity index is 1.33. The van der Waals surface area contributed by atoms with Gasteiger partial charge in [-0.15, -0.1) is 0 Å². The molecule has 0 aliphatic rings. The van der Waals surface area contributed by atoms with Crippen molar-refractivity contribution in [1.29, 1.82) is 0 Å². The molecule has 0 atom stereocenters. The van der Waals surface area contributed by atoms with Gasteiger partial charge < -0.3 is 9.15 Å². The van der Waals surface area contributed by atoms with Crippen LogP contribution in [0.5, 0.6) is 5.75 Å². The summed E-state index contributed by atoms with van der Waals surface area (Å²) in [7, 11) is 0. The highest BCUT2D eigenvalue weighted by atomic mass is 31.2. The Bertz CT molecular complexity index is 1640. The lowest BCUT2D eigenvalue weighted by atomic mass is 10.0. The van der Waals surface area contributed by atoms with Gasteiger partial charge in [-0.25, -0.2) is 4.79 Å². The monoisotopic (exact) mass is 538 g/mol. The van der Waals surface area contributed by atoms with Crippen molar-refractivity contribution in [3.63, 3.8) is 0 Å². The lowest BCUT2D eigenvalue weighted by Gasteiger charge is -2.28. The van der Waals surface area contributed by atoms with Crippen LogP contribution in [-0.2, 0) is 4.79 Å². The van der Waals surface area contributed by atoms with Crippen molar-refractivity contribution in [1.82, 2.24) is 0 Å². The van der Waals surface area contributed by atoms with Crippen molar-refractivity contribution in [2.45, 2.75) is 0 Å². The second-order valence-electron chi connectivity index (χ2n) is 9.36. The van der Waals surface area contributed by atoms with Crippen molar-refractivity contribution >= 4 is 34.6 Å². The molecule has 0 fully saturated rings. The van der Waals surface area contributed by atoms with Crippen LogP contribution >= 0.6 is 6.89 Å². The van der Waals surface area contributed by atoms with Gasteiger partial charge in [0.05, 0.1) is 6.26 Å². The molecule has 40 heavy (non-hydrogen) atoms. The summed E-state index contributed by atoms with van der Waals surface area (Å²) in [4.78, 5) is 13.6. The predicted molar refractivity (Wildman–Crippen MR) is 166 cm³/mol. The molecule has 0 amide bonds. The van der Waals surface area contributed by atoms with Gasteiger partial charge in [0, 0.05) is 11.4 Å². The highest BCUT2D eigenvalue weighted by Crippen LogP contribution is 2.43. The molecule has 0 spiro atoms. The van der Waals surface area contributed by atoms with Crippen LogP contribution in [0, 0.1) is 0 Å². The maximum absolute atomic E-state index is 13.6. The fraction of sp³-hybridized carbons (Fsp3) is 0. The molecular weight excluding hydrogens is 511 g/mol. The third-order valence-electron chi connectivity index (χ3n) is 6.89. The van der Waals surface area contributed by atoms with E-state index in [1.807, 2.05) is 103 Å². The number of hydrogen-bond acceptors (Lipinski definition) is 3. The molecule has 0 unspecified atom stereocenters. The molecular formula is C36H27O3P. The summed E-state index contributed by atoms with van der Waals surface area (Å²) in [6.07, 6.45) is 1.67. The summed E-state index contributed by atoms with van der Waals surface area (Å²) in [6, 6.07) is 50.4. The van der Waals surface area contributed by atoms with E-state index in [1.165, 1.54) is 0 Å². The van der Waals surface area contributed by atoms with Crippen LogP contribution in [0.3, 0.4) is 0 Å². The average molecular weight is 539 g/mol. The molecule has 4 heteroatoms. The quantitative estimate of drug-likeness (QED) is 0.122. The largest absolute Gasteiger partial charge is 0.464 e. The molecule has 0 bridgehead atoms. The molecule has 3 nitrogen and oxygen atoms in total. The normalized spacial score (nSPS) is 11.1. The van der Waals surface area contributed by atoms with E-state index in [-0.39, 0.29) is 5.97 Å². The molecule has 6 rings (SSSR count). The first-order valence-corrected chi connectivity index (χ1v) is 15.0. The van der Waals surface area contributed by atoms with Crippen LogP contribution in [-0.4, -0.2) is 11.8 Å². The van der Waals surface area contributed by atoms with Crippen LogP contribution in [0.25, 0.3) is 22.5 Å². The number of furan rings is 1. The van der Waals surface area contributed by atoms with Gasteiger partial charge in [-0.2, -0.15) is 0 Å². The topological polar surface area (TPSA) is 39.4 Å². The van der Waals surface area contributed by atoms with Gasteiger partial charge in [-0.1, -0.05) is 127 Å². The van der Waals surface area contributed by atoms with Crippen molar-refractivity contribution in [2.75, 3.05) is 0 Å². The van der Waals surface area contributed by atoms with Gasteiger partial charge in [0.25, 0.3) is 0 Å². The Hall–Kier alpha value is -4.85. The van der Waals surface area contributed by atoms with Gasteiger partial charge >= 0.3 is 5.97 Å². The van der Waals surface area contributed by atoms with E-state index >= 15 is 0 Å². The first-order valence-electron chi connectivity index (χ1n) is 13.1. The van der Waals surface area contributed by atoms with E-state index in [4.69, 9.17) is 9.15 Å². The van der Waals surface area contributed by atoms with Crippen molar-refractivity contribution in [2.24, 2.45) is 0 Å². The summed E-state index contributed by atoms with van der Waals surface area (Å²) in [6.45, 7) is -2.44.